The van der Waals surface area contributed by atoms with Gasteiger partial charge in [-0.3, -0.25) is 0 Å². The molecule has 0 bridgehead atoms. The molecule has 0 radical (unpaired) electrons. The third-order valence-corrected chi connectivity index (χ3v) is 1.61. The lowest BCUT2D eigenvalue weighted by Crippen LogP contribution is -1.97. The average molecular weight is 163 g/mol. The number of H-pyrrole nitrogens is 2. The van der Waals surface area contributed by atoms with E-state index in [0.29, 0.717) is 6.54 Å². The van der Waals surface area contributed by atoms with Crippen molar-refractivity contribution < 1.29 is 0 Å². The molecule has 0 saturated carbocycles. The zero-order valence-corrected chi connectivity index (χ0v) is 6.41. The second-order valence-corrected chi connectivity index (χ2v) is 2.41. The molecular weight excluding hydrogens is 154 g/mol. The standard InChI is InChI=1S/C7H9N5/c8-1-7-10-3-6(12-7)5-2-9-4-11-5/h2-4H,1,8H2,(H,9,11)(H,10,12). The van der Waals surface area contributed by atoms with Crippen LogP contribution in [-0.4, -0.2) is 19.9 Å². The second kappa shape index (κ2) is 2.78. The molecule has 0 aliphatic rings. The zero-order chi connectivity index (χ0) is 8.39. The van der Waals surface area contributed by atoms with Crippen LogP contribution in [0.5, 0.6) is 0 Å². The van der Waals surface area contributed by atoms with Crippen LogP contribution in [-0.2, 0) is 6.54 Å². The van der Waals surface area contributed by atoms with Crippen molar-refractivity contribution in [2.24, 2.45) is 5.73 Å². The Hall–Kier alpha value is -1.62. The summed E-state index contributed by atoms with van der Waals surface area (Å²) in [6, 6.07) is 0. The number of aromatic amines is 2. The van der Waals surface area contributed by atoms with E-state index in [2.05, 4.69) is 19.9 Å². The highest BCUT2D eigenvalue weighted by Crippen LogP contribution is 2.11. The average Bonchev–Trinajstić information content (AvgIpc) is 2.75. The number of nitrogens with zero attached hydrogens (tertiary/aromatic N) is 2. The van der Waals surface area contributed by atoms with Crippen molar-refractivity contribution >= 4 is 0 Å². The molecule has 0 saturated heterocycles. The topological polar surface area (TPSA) is 83.4 Å². The Kier molecular flexibility index (Phi) is 1.64. The van der Waals surface area contributed by atoms with Crippen LogP contribution >= 0.6 is 0 Å². The van der Waals surface area contributed by atoms with Gasteiger partial charge in [-0.05, 0) is 0 Å². The number of nitrogens with two attached hydrogens (primary N) is 1. The van der Waals surface area contributed by atoms with Gasteiger partial charge in [0.1, 0.15) is 5.82 Å². The van der Waals surface area contributed by atoms with Crippen LogP contribution < -0.4 is 5.73 Å². The molecule has 5 heteroatoms. The number of aromatic nitrogens is 4. The molecule has 0 aromatic carbocycles. The molecule has 2 aromatic heterocycles. The minimum Gasteiger partial charge on any atom is -0.343 e. The van der Waals surface area contributed by atoms with E-state index in [0.717, 1.165) is 17.2 Å². The van der Waals surface area contributed by atoms with Gasteiger partial charge in [-0.2, -0.15) is 0 Å². The van der Waals surface area contributed by atoms with Gasteiger partial charge in [-0.1, -0.05) is 0 Å². The van der Waals surface area contributed by atoms with Crippen LogP contribution in [0.1, 0.15) is 5.82 Å². The number of hydrogen-bond acceptors (Lipinski definition) is 3. The predicted octanol–water partition coefficient (Wildman–Crippen LogP) is 0.258. The summed E-state index contributed by atoms with van der Waals surface area (Å²) in [4.78, 5) is 14.0. The van der Waals surface area contributed by atoms with Gasteiger partial charge in [0.05, 0.1) is 36.7 Å². The maximum atomic E-state index is 5.40. The summed E-state index contributed by atoms with van der Waals surface area (Å²) >= 11 is 0. The summed E-state index contributed by atoms with van der Waals surface area (Å²) in [5.41, 5.74) is 7.23. The molecule has 2 heterocycles. The lowest BCUT2D eigenvalue weighted by atomic mass is 10.4. The molecule has 4 N–H and O–H groups in total. The molecule has 5 nitrogen and oxygen atoms in total. The third kappa shape index (κ3) is 1.10. The summed E-state index contributed by atoms with van der Waals surface area (Å²) in [6.07, 6.45) is 5.09. The number of nitrogens with one attached hydrogen (secondary N) is 2. The lowest BCUT2D eigenvalue weighted by Gasteiger charge is -1.89. The number of hydrogen-bond donors (Lipinski definition) is 3. The summed E-state index contributed by atoms with van der Waals surface area (Å²) < 4.78 is 0. The maximum Gasteiger partial charge on any atom is 0.120 e. The molecule has 0 atom stereocenters. The van der Waals surface area contributed by atoms with Gasteiger partial charge in [-0.15, -0.1) is 0 Å². The summed E-state index contributed by atoms with van der Waals surface area (Å²) in [6.45, 7) is 0.425. The Morgan fingerprint density at radius 3 is 2.83 bits per heavy atom. The van der Waals surface area contributed by atoms with Crippen LogP contribution in [0.3, 0.4) is 0 Å². The summed E-state index contributed by atoms with van der Waals surface area (Å²) in [5, 5.41) is 0. The van der Waals surface area contributed by atoms with Crippen LogP contribution in [0.25, 0.3) is 11.4 Å². The van der Waals surface area contributed by atoms with Gasteiger partial charge in [0.2, 0.25) is 0 Å². The maximum absolute atomic E-state index is 5.40. The molecule has 0 amide bonds. The molecule has 0 fully saturated rings. The van der Waals surface area contributed by atoms with E-state index in [-0.39, 0.29) is 0 Å². The molecule has 62 valence electrons. The van der Waals surface area contributed by atoms with Crippen molar-refractivity contribution in [3.8, 4) is 11.4 Å². The molecule has 0 aliphatic carbocycles. The van der Waals surface area contributed by atoms with Crippen LogP contribution in [0.4, 0.5) is 0 Å². The largest absolute Gasteiger partial charge is 0.343 e. The minimum atomic E-state index is 0.425. The van der Waals surface area contributed by atoms with Crippen LogP contribution in [0, 0.1) is 0 Å². The highest BCUT2D eigenvalue weighted by Gasteiger charge is 2.01. The van der Waals surface area contributed by atoms with Gasteiger partial charge < -0.3 is 15.7 Å². The summed E-state index contributed by atoms with van der Waals surface area (Å²) in [5.74, 6) is 0.777. The fourth-order valence-electron chi connectivity index (χ4n) is 1.01. The van der Waals surface area contributed by atoms with E-state index in [1.165, 1.54) is 0 Å². The van der Waals surface area contributed by atoms with Crippen LogP contribution in [0.2, 0.25) is 0 Å². The van der Waals surface area contributed by atoms with E-state index < -0.39 is 0 Å². The van der Waals surface area contributed by atoms with E-state index in [1.54, 1.807) is 18.7 Å². The minimum absolute atomic E-state index is 0.425. The molecule has 0 spiro atoms. The van der Waals surface area contributed by atoms with Gasteiger partial charge in [0.25, 0.3) is 0 Å². The van der Waals surface area contributed by atoms with Crippen LogP contribution in [0.15, 0.2) is 18.7 Å². The van der Waals surface area contributed by atoms with E-state index in [1.807, 2.05) is 0 Å². The highest BCUT2D eigenvalue weighted by atomic mass is 15.0. The van der Waals surface area contributed by atoms with Crippen molar-refractivity contribution in [2.45, 2.75) is 6.54 Å². The highest BCUT2D eigenvalue weighted by molar-refractivity contribution is 5.51. The first kappa shape index (κ1) is 7.05. The Balaban J connectivity index is 2.35. The molecule has 2 aromatic rings. The molecular formula is C7H9N5. The first-order valence-electron chi connectivity index (χ1n) is 3.63. The van der Waals surface area contributed by atoms with Crippen molar-refractivity contribution in [3.63, 3.8) is 0 Å². The Bertz CT molecular complexity index is 348. The van der Waals surface area contributed by atoms with Crippen molar-refractivity contribution in [2.75, 3.05) is 0 Å². The Labute approximate surface area is 69.1 Å². The molecule has 0 unspecified atom stereocenters. The van der Waals surface area contributed by atoms with E-state index in [4.69, 9.17) is 5.73 Å². The van der Waals surface area contributed by atoms with E-state index in [9.17, 15) is 0 Å². The summed E-state index contributed by atoms with van der Waals surface area (Å²) in [7, 11) is 0. The smallest absolute Gasteiger partial charge is 0.120 e. The van der Waals surface area contributed by atoms with Gasteiger partial charge >= 0.3 is 0 Å². The molecule has 0 aliphatic heterocycles. The quantitative estimate of drug-likeness (QED) is 0.593. The lowest BCUT2D eigenvalue weighted by molar-refractivity contribution is 0.950. The third-order valence-electron chi connectivity index (χ3n) is 1.61. The predicted molar refractivity (Wildman–Crippen MR) is 44.1 cm³/mol. The first-order chi connectivity index (χ1) is 5.90. The monoisotopic (exact) mass is 163 g/mol. The van der Waals surface area contributed by atoms with Gasteiger partial charge in [-0.25, -0.2) is 9.97 Å². The fraction of sp³-hybridized carbons (Fsp3) is 0.143. The molecule has 12 heavy (non-hydrogen) atoms. The second-order valence-electron chi connectivity index (χ2n) is 2.41. The Morgan fingerprint density at radius 2 is 2.25 bits per heavy atom. The van der Waals surface area contributed by atoms with Gasteiger partial charge in [0, 0.05) is 0 Å². The SMILES string of the molecule is NCc1ncc(-c2cnc[nH]2)[nH]1. The van der Waals surface area contributed by atoms with Crippen molar-refractivity contribution in [1.29, 1.82) is 0 Å². The van der Waals surface area contributed by atoms with E-state index >= 15 is 0 Å². The van der Waals surface area contributed by atoms with Crippen molar-refractivity contribution in [1.82, 2.24) is 19.9 Å². The number of imidazole rings is 2. The zero-order valence-electron chi connectivity index (χ0n) is 6.41. The van der Waals surface area contributed by atoms with Gasteiger partial charge in [0.15, 0.2) is 0 Å². The Morgan fingerprint density at radius 1 is 1.33 bits per heavy atom. The molecule has 2 rings (SSSR count). The first-order valence-corrected chi connectivity index (χ1v) is 3.63. The fourth-order valence-corrected chi connectivity index (χ4v) is 1.01. The van der Waals surface area contributed by atoms with Crippen molar-refractivity contribution in [3.05, 3.63) is 24.5 Å². The number of rotatable bonds is 2. The normalized spacial score (nSPS) is 10.4.